The van der Waals surface area contributed by atoms with Gasteiger partial charge >= 0.3 is 5.97 Å². The van der Waals surface area contributed by atoms with Gasteiger partial charge in [-0.15, -0.1) is 15.0 Å². The molecule has 2 aromatic carbocycles. The number of nitrogens with zero attached hydrogens (tertiary/aromatic N) is 3. The SMILES string of the molecule is C=C(C)C(=O)OC(C)c1ccc(O)c(-n2nc3ccc(Cl)cc3n2)c1. The largest absolute Gasteiger partial charge is 0.506 e. The van der Waals surface area contributed by atoms with E-state index in [1.165, 1.54) is 10.9 Å². The number of aromatic hydroxyl groups is 1. The van der Waals surface area contributed by atoms with Crippen molar-refractivity contribution in [2.24, 2.45) is 0 Å². The molecule has 0 saturated carbocycles. The zero-order valence-electron chi connectivity index (χ0n) is 13.7. The number of benzene rings is 2. The number of hydrogen-bond donors (Lipinski definition) is 1. The monoisotopic (exact) mass is 357 g/mol. The van der Waals surface area contributed by atoms with Crippen molar-refractivity contribution in [3.8, 4) is 11.4 Å². The second kappa shape index (κ2) is 6.57. The van der Waals surface area contributed by atoms with Gasteiger partial charge in [0.15, 0.2) is 0 Å². The van der Waals surface area contributed by atoms with Crippen molar-refractivity contribution in [2.75, 3.05) is 0 Å². The highest BCUT2D eigenvalue weighted by atomic mass is 35.5. The highest BCUT2D eigenvalue weighted by molar-refractivity contribution is 6.31. The smallest absolute Gasteiger partial charge is 0.333 e. The van der Waals surface area contributed by atoms with Crippen molar-refractivity contribution in [1.82, 2.24) is 15.0 Å². The third kappa shape index (κ3) is 3.49. The maximum absolute atomic E-state index is 11.7. The number of hydrogen-bond acceptors (Lipinski definition) is 5. The van der Waals surface area contributed by atoms with Gasteiger partial charge in [0.25, 0.3) is 0 Å². The molecule has 0 spiro atoms. The zero-order chi connectivity index (χ0) is 18.1. The van der Waals surface area contributed by atoms with E-state index >= 15 is 0 Å². The van der Waals surface area contributed by atoms with Gasteiger partial charge in [-0.2, -0.15) is 0 Å². The second-order valence-corrected chi connectivity index (χ2v) is 6.13. The van der Waals surface area contributed by atoms with E-state index in [4.69, 9.17) is 16.3 Å². The van der Waals surface area contributed by atoms with Crippen LogP contribution in [0.2, 0.25) is 5.02 Å². The first-order chi connectivity index (χ1) is 11.8. The number of esters is 1. The van der Waals surface area contributed by atoms with Crippen LogP contribution in [0.3, 0.4) is 0 Å². The van der Waals surface area contributed by atoms with Crippen molar-refractivity contribution >= 4 is 28.6 Å². The lowest BCUT2D eigenvalue weighted by molar-refractivity contribution is -0.143. The molecule has 1 N–H and O–H groups in total. The predicted octanol–water partition coefficient (Wildman–Crippen LogP) is 3.96. The number of aromatic nitrogens is 3. The lowest BCUT2D eigenvalue weighted by atomic mass is 10.1. The fourth-order valence-electron chi connectivity index (χ4n) is 2.28. The van der Waals surface area contributed by atoms with Crippen LogP contribution < -0.4 is 0 Å². The maximum Gasteiger partial charge on any atom is 0.333 e. The molecule has 0 radical (unpaired) electrons. The molecule has 128 valence electrons. The van der Waals surface area contributed by atoms with Gasteiger partial charge in [0, 0.05) is 10.6 Å². The van der Waals surface area contributed by atoms with Crippen LogP contribution in [-0.4, -0.2) is 26.1 Å². The van der Waals surface area contributed by atoms with Crippen molar-refractivity contribution in [1.29, 1.82) is 0 Å². The number of carbonyl (C=O) groups excluding carboxylic acids is 1. The molecule has 0 aliphatic rings. The van der Waals surface area contributed by atoms with E-state index in [1.54, 1.807) is 44.2 Å². The van der Waals surface area contributed by atoms with Crippen LogP contribution in [-0.2, 0) is 9.53 Å². The van der Waals surface area contributed by atoms with Crippen molar-refractivity contribution in [3.05, 3.63) is 59.1 Å². The Morgan fingerprint density at radius 2 is 1.96 bits per heavy atom. The number of carbonyl (C=O) groups is 1. The van der Waals surface area contributed by atoms with Gasteiger partial charge in [0.1, 0.15) is 28.6 Å². The van der Waals surface area contributed by atoms with Gasteiger partial charge in [0.05, 0.1) is 0 Å². The average molecular weight is 358 g/mol. The molecule has 0 fully saturated rings. The number of halogens is 1. The fourth-order valence-corrected chi connectivity index (χ4v) is 2.44. The molecule has 6 nitrogen and oxygen atoms in total. The Kier molecular flexibility index (Phi) is 4.46. The highest BCUT2D eigenvalue weighted by Crippen LogP contribution is 2.28. The number of ether oxygens (including phenoxy) is 1. The van der Waals surface area contributed by atoms with Crippen LogP contribution in [0.25, 0.3) is 16.7 Å². The van der Waals surface area contributed by atoms with Crippen LogP contribution in [0.4, 0.5) is 0 Å². The van der Waals surface area contributed by atoms with Crippen LogP contribution >= 0.6 is 11.6 Å². The van der Waals surface area contributed by atoms with Crippen LogP contribution in [0.5, 0.6) is 5.75 Å². The van der Waals surface area contributed by atoms with Gasteiger partial charge in [-0.25, -0.2) is 4.79 Å². The molecule has 0 aliphatic carbocycles. The summed E-state index contributed by atoms with van der Waals surface area (Å²) in [6.45, 7) is 6.89. The maximum atomic E-state index is 11.7. The summed E-state index contributed by atoms with van der Waals surface area (Å²) >= 11 is 5.96. The molecule has 1 unspecified atom stereocenters. The molecular weight excluding hydrogens is 342 g/mol. The summed E-state index contributed by atoms with van der Waals surface area (Å²) < 4.78 is 5.32. The van der Waals surface area contributed by atoms with Gasteiger partial charge in [-0.3, -0.25) is 0 Å². The first-order valence-corrected chi connectivity index (χ1v) is 7.95. The minimum atomic E-state index is -0.511. The molecule has 1 atom stereocenters. The summed E-state index contributed by atoms with van der Waals surface area (Å²) in [6, 6.07) is 10.0. The van der Waals surface area contributed by atoms with Crippen LogP contribution in [0, 0.1) is 0 Å². The van der Waals surface area contributed by atoms with Gasteiger partial charge in [-0.05, 0) is 49.7 Å². The van der Waals surface area contributed by atoms with Crippen LogP contribution in [0.15, 0.2) is 48.6 Å². The quantitative estimate of drug-likeness (QED) is 0.565. The molecule has 3 rings (SSSR count). The molecule has 3 aromatic rings. The average Bonchev–Trinajstić information content (AvgIpc) is 2.97. The van der Waals surface area contributed by atoms with E-state index in [1.807, 2.05) is 0 Å². The Bertz CT molecular complexity index is 981. The Labute approximate surface area is 149 Å². The Hall–Kier alpha value is -2.86. The highest BCUT2D eigenvalue weighted by Gasteiger charge is 2.16. The van der Waals surface area contributed by atoms with Crippen LogP contribution in [0.1, 0.15) is 25.5 Å². The molecule has 0 bridgehead atoms. The summed E-state index contributed by atoms with van der Waals surface area (Å²) in [5.41, 5.74) is 2.66. The number of fused-ring (bicyclic) bond motifs is 1. The van der Waals surface area contributed by atoms with E-state index in [-0.39, 0.29) is 5.75 Å². The van der Waals surface area contributed by atoms with Crippen molar-refractivity contribution < 1.29 is 14.6 Å². The number of phenols is 1. The molecule has 25 heavy (non-hydrogen) atoms. The Morgan fingerprint density at radius 3 is 2.68 bits per heavy atom. The normalized spacial score (nSPS) is 12.1. The Balaban J connectivity index is 1.98. The molecule has 7 heteroatoms. The van der Waals surface area contributed by atoms with Crippen molar-refractivity contribution in [3.63, 3.8) is 0 Å². The minimum absolute atomic E-state index is 0.00795. The van der Waals surface area contributed by atoms with Crippen molar-refractivity contribution in [2.45, 2.75) is 20.0 Å². The zero-order valence-corrected chi connectivity index (χ0v) is 14.5. The molecular formula is C18H16ClN3O3. The second-order valence-electron chi connectivity index (χ2n) is 5.70. The third-order valence-electron chi connectivity index (χ3n) is 3.66. The Morgan fingerprint density at radius 1 is 1.24 bits per heavy atom. The topological polar surface area (TPSA) is 77.2 Å². The van der Waals surface area contributed by atoms with Gasteiger partial charge < -0.3 is 9.84 Å². The summed E-state index contributed by atoms with van der Waals surface area (Å²) in [5, 5.41) is 19.4. The van der Waals surface area contributed by atoms with E-state index in [0.717, 1.165) is 0 Å². The molecule has 1 heterocycles. The molecule has 1 aromatic heterocycles. The van der Waals surface area contributed by atoms with Gasteiger partial charge in [0.2, 0.25) is 0 Å². The third-order valence-corrected chi connectivity index (χ3v) is 3.89. The number of rotatable bonds is 4. The summed E-state index contributed by atoms with van der Waals surface area (Å²) in [4.78, 5) is 13.0. The van der Waals surface area contributed by atoms with E-state index in [0.29, 0.717) is 32.9 Å². The summed E-state index contributed by atoms with van der Waals surface area (Å²) in [6.07, 6.45) is -0.511. The minimum Gasteiger partial charge on any atom is -0.506 e. The van der Waals surface area contributed by atoms with E-state index < -0.39 is 12.1 Å². The summed E-state index contributed by atoms with van der Waals surface area (Å²) in [7, 11) is 0. The standard InChI is InChI=1S/C18H16ClN3O3/c1-10(2)18(24)25-11(3)12-4-7-17(23)16(8-12)22-20-14-6-5-13(19)9-15(14)21-22/h4-9,11,23H,1H2,2-3H3. The fraction of sp³-hybridized carbons (Fsp3) is 0.167. The lowest BCUT2D eigenvalue weighted by Gasteiger charge is -2.15. The molecule has 0 saturated heterocycles. The number of phenolic OH excluding ortho intramolecular Hbond substituents is 1. The van der Waals surface area contributed by atoms with E-state index in [9.17, 15) is 9.90 Å². The first kappa shape index (κ1) is 17.0. The summed E-state index contributed by atoms with van der Waals surface area (Å²) in [5.74, 6) is -0.465. The lowest BCUT2D eigenvalue weighted by Crippen LogP contribution is -2.10. The molecule has 0 aliphatic heterocycles. The predicted molar refractivity (Wildman–Crippen MR) is 94.9 cm³/mol. The first-order valence-electron chi connectivity index (χ1n) is 7.57. The molecule has 0 amide bonds. The van der Waals surface area contributed by atoms with E-state index in [2.05, 4.69) is 16.8 Å². The van der Waals surface area contributed by atoms with Gasteiger partial charge in [-0.1, -0.05) is 24.2 Å².